The van der Waals surface area contributed by atoms with Crippen LogP contribution < -0.4 is 10.6 Å². The van der Waals surface area contributed by atoms with Crippen molar-refractivity contribution in [1.82, 2.24) is 0 Å². The lowest BCUT2D eigenvalue weighted by molar-refractivity contribution is -0.144. The van der Waals surface area contributed by atoms with Crippen LogP contribution in [0.15, 0.2) is 18.2 Å². The van der Waals surface area contributed by atoms with Gasteiger partial charge in [0, 0.05) is 6.54 Å². The van der Waals surface area contributed by atoms with Crippen molar-refractivity contribution in [2.75, 3.05) is 23.8 Å². The van der Waals surface area contributed by atoms with E-state index in [2.05, 4.69) is 0 Å². The van der Waals surface area contributed by atoms with Gasteiger partial charge < -0.3 is 20.5 Å². The van der Waals surface area contributed by atoms with Gasteiger partial charge in [-0.25, -0.2) is 9.59 Å². The first kappa shape index (κ1) is 15.8. The van der Waals surface area contributed by atoms with Gasteiger partial charge in [-0.1, -0.05) is 0 Å². The number of ether oxygens (including phenoxy) is 1. The van der Waals surface area contributed by atoms with E-state index in [1.807, 2.05) is 6.92 Å². The number of nitrogen functional groups attached to an aromatic ring is 1. The Balaban J connectivity index is 3.06. The molecule has 6 heteroatoms. The molecular formula is C14H20N2O4. The number of carboxylic acid groups (broad SMARTS) is 1. The van der Waals surface area contributed by atoms with Crippen molar-refractivity contribution in [3.8, 4) is 0 Å². The molecule has 3 N–H and O–H groups in total. The number of carboxylic acids is 1. The highest BCUT2D eigenvalue weighted by Crippen LogP contribution is 2.26. The predicted octanol–water partition coefficient (Wildman–Crippen LogP) is 1.74. The Morgan fingerprint density at radius 3 is 2.50 bits per heavy atom. The third-order valence-corrected chi connectivity index (χ3v) is 3.02. The Morgan fingerprint density at radius 2 is 2.05 bits per heavy atom. The lowest BCUT2D eigenvalue weighted by Crippen LogP contribution is -2.40. The molecule has 110 valence electrons. The topological polar surface area (TPSA) is 92.9 Å². The summed E-state index contributed by atoms with van der Waals surface area (Å²) in [6.07, 6.45) is 0. The molecule has 0 saturated carbocycles. The van der Waals surface area contributed by atoms with Gasteiger partial charge >= 0.3 is 11.9 Å². The van der Waals surface area contributed by atoms with Crippen LogP contribution in [0.25, 0.3) is 0 Å². The molecule has 1 unspecified atom stereocenters. The number of hydrogen-bond donors (Lipinski definition) is 2. The van der Waals surface area contributed by atoms with E-state index < -0.39 is 12.0 Å². The van der Waals surface area contributed by atoms with Gasteiger partial charge in [-0.05, 0) is 39.0 Å². The van der Waals surface area contributed by atoms with E-state index >= 15 is 0 Å². The molecule has 0 amide bonds. The molecule has 0 heterocycles. The van der Waals surface area contributed by atoms with Gasteiger partial charge in [0.15, 0.2) is 0 Å². The Morgan fingerprint density at radius 1 is 1.40 bits per heavy atom. The number of carbonyl (C=O) groups excluding carboxylic acids is 1. The Kier molecular flexibility index (Phi) is 5.37. The average Bonchev–Trinajstić information content (AvgIpc) is 2.41. The molecule has 0 aromatic heterocycles. The van der Waals surface area contributed by atoms with Gasteiger partial charge in [0.2, 0.25) is 0 Å². The smallest absolute Gasteiger partial charge is 0.335 e. The number of aromatic carboxylic acids is 1. The van der Waals surface area contributed by atoms with Crippen molar-refractivity contribution >= 4 is 23.3 Å². The molecule has 1 aromatic rings. The maximum atomic E-state index is 11.8. The number of esters is 1. The van der Waals surface area contributed by atoms with Crippen LogP contribution >= 0.6 is 0 Å². The lowest BCUT2D eigenvalue weighted by atomic mass is 10.1. The molecule has 0 aliphatic rings. The SMILES string of the molecule is CCOC(=O)C(C)N(CC)c1ccc(C(=O)O)cc1N. The fourth-order valence-electron chi connectivity index (χ4n) is 1.99. The normalized spacial score (nSPS) is 11.8. The van der Waals surface area contributed by atoms with E-state index in [4.69, 9.17) is 15.6 Å². The monoisotopic (exact) mass is 280 g/mol. The first-order valence-electron chi connectivity index (χ1n) is 6.48. The van der Waals surface area contributed by atoms with Crippen LogP contribution in [0.3, 0.4) is 0 Å². The highest BCUT2D eigenvalue weighted by atomic mass is 16.5. The number of nitrogens with zero attached hydrogens (tertiary/aromatic N) is 1. The van der Waals surface area contributed by atoms with Crippen LogP contribution in [0, 0.1) is 0 Å². The van der Waals surface area contributed by atoms with Crippen molar-refractivity contribution in [3.05, 3.63) is 23.8 Å². The van der Waals surface area contributed by atoms with E-state index in [0.717, 1.165) is 0 Å². The number of rotatable bonds is 6. The van der Waals surface area contributed by atoms with Crippen LogP contribution in [-0.4, -0.2) is 36.2 Å². The van der Waals surface area contributed by atoms with Gasteiger partial charge in [-0.2, -0.15) is 0 Å². The number of carbonyl (C=O) groups is 2. The summed E-state index contributed by atoms with van der Waals surface area (Å²) in [7, 11) is 0. The first-order valence-corrected chi connectivity index (χ1v) is 6.48. The van der Waals surface area contributed by atoms with Gasteiger partial charge in [-0.3, -0.25) is 0 Å². The number of likely N-dealkylation sites (N-methyl/N-ethyl adjacent to an activating group) is 1. The second kappa shape index (κ2) is 6.79. The van der Waals surface area contributed by atoms with E-state index in [1.165, 1.54) is 12.1 Å². The van der Waals surface area contributed by atoms with Crippen LogP contribution in [-0.2, 0) is 9.53 Å². The molecule has 6 nitrogen and oxygen atoms in total. The van der Waals surface area contributed by atoms with E-state index in [-0.39, 0.29) is 11.5 Å². The van der Waals surface area contributed by atoms with Crippen molar-refractivity contribution in [3.63, 3.8) is 0 Å². The van der Waals surface area contributed by atoms with Gasteiger partial charge in [0.25, 0.3) is 0 Å². The Hall–Kier alpha value is -2.24. The number of nitrogens with two attached hydrogens (primary N) is 1. The molecule has 0 fully saturated rings. The molecule has 1 rings (SSSR count). The fraction of sp³-hybridized carbons (Fsp3) is 0.429. The number of benzene rings is 1. The average molecular weight is 280 g/mol. The first-order chi connectivity index (χ1) is 9.42. The highest BCUT2D eigenvalue weighted by Gasteiger charge is 2.23. The minimum absolute atomic E-state index is 0.117. The summed E-state index contributed by atoms with van der Waals surface area (Å²) < 4.78 is 4.99. The maximum Gasteiger partial charge on any atom is 0.335 e. The van der Waals surface area contributed by atoms with E-state index in [9.17, 15) is 9.59 Å². The van der Waals surface area contributed by atoms with Crippen LogP contribution in [0.5, 0.6) is 0 Å². The van der Waals surface area contributed by atoms with Crippen molar-refractivity contribution in [2.24, 2.45) is 0 Å². The fourth-order valence-corrected chi connectivity index (χ4v) is 1.99. The zero-order valence-electron chi connectivity index (χ0n) is 11.9. The molecule has 0 saturated heterocycles. The molecule has 20 heavy (non-hydrogen) atoms. The molecule has 0 spiro atoms. The molecular weight excluding hydrogens is 260 g/mol. The molecule has 0 aliphatic heterocycles. The zero-order chi connectivity index (χ0) is 15.3. The second-order valence-corrected chi connectivity index (χ2v) is 4.29. The molecule has 0 aliphatic carbocycles. The maximum absolute atomic E-state index is 11.8. The summed E-state index contributed by atoms with van der Waals surface area (Å²) in [6, 6.07) is 3.98. The predicted molar refractivity (Wildman–Crippen MR) is 76.9 cm³/mol. The molecule has 0 bridgehead atoms. The molecule has 1 atom stereocenters. The van der Waals surface area contributed by atoms with Crippen LogP contribution in [0.4, 0.5) is 11.4 Å². The summed E-state index contributed by atoms with van der Waals surface area (Å²) >= 11 is 0. The third kappa shape index (κ3) is 3.40. The minimum Gasteiger partial charge on any atom is -0.478 e. The van der Waals surface area contributed by atoms with Crippen LogP contribution in [0.1, 0.15) is 31.1 Å². The van der Waals surface area contributed by atoms with Gasteiger partial charge in [0.05, 0.1) is 23.5 Å². The summed E-state index contributed by atoms with van der Waals surface area (Å²) in [4.78, 5) is 24.5. The Labute approximate surface area is 118 Å². The summed E-state index contributed by atoms with van der Waals surface area (Å²) in [5.41, 5.74) is 6.95. The number of anilines is 2. The summed E-state index contributed by atoms with van der Waals surface area (Å²) in [5.74, 6) is -1.37. The molecule has 0 radical (unpaired) electrons. The molecule has 1 aromatic carbocycles. The van der Waals surface area contributed by atoms with E-state index in [1.54, 1.807) is 24.8 Å². The van der Waals surface area contributed by atoms with Gasteiger partial charge in [-0.15, -0.1) is 0 Å². The second-order valence-electron chi connectivity index (χ2n) is 4.29. The van der Waals surface area contributed by atoms with Crippen molar-refractivity contribution in [2.45, 2.75) is 26.8 Å². The summed E-state index contributed by atoms with van der Waals surface area (Å²) in [5, 5.41) is 8.92. The van der Waals surface area contributed by atoms with Gasteiger partial charge in [0.1, 0.15) is 6.04 Å². The largest absolute Gasteiger partial charge is 0.478 e. The van der Waals surface area contributed by atoms with Crippen molar-refractivity contribution < 1.29 is 19.4 Å². The zero-order valence-corrected chi connectivity index (χ0v) is 11.9. The standard InChI is InChI=1S/C14H20N2O4/c1-4-16(9(3)14(19)20-5-2)12-7-6-10(13(17)18)8-11(12)15/h6-9H,4-5,15H2,1-3H3,(H,17,18). The quantitative estimate of drug-likeness (QED) is 0.609. The van der Waals surface area contributed by atoms with Crippen LogP contribution in [0.2, 0.25) is 0 Å². The highest BCUT2D eigenvalue weighted by molar-refractivity contribution is 5.91. The van der Waals surface area contributed by atoms with Crippen molar-refractivity contribution in [1.29, 1.82) is 0 Å². The Bertz CT molecular complexity index is 502. The lowest BCUT2D eigenvalue weighted by Gasteiger charge is -2.29. The summed E-state index contributed by atoms with van der Waals surface area (Å²) in [6.45, 7) is 6.23. The minimum atomic E-state index is -1.04. The third-order valence-electron chi connectivity index (χ3n) is 3.02. The van der Waals surface area contributed by atoms with E-state index in [0.29, 0.717) is 24.5 Å². The number of hydrogen-bond acceptors (Lipinski definition) is 5.